The molecule has 1 fully saturated rings. The molecule has 2 rings (SSSR count). The first-order chi connectivity index (χ1) is 7.79. The molecular weight excluding hydrogens is 210 g/mol. The van der Waals surface area contributed by atoms with Crippen LogP contribution < -0.4 is 0 Å². The first-order valence-corrected chi connectivity index (χ1v) is 5.35. The van der Waals surface area contributed by atoms with Crippen molar-refractivity contribution >= 4 is 5.97 Å². The maximum atomic E-state index is 11.4. The lowest BCUT2D eigenvalue weighted by Gasteiger charge is -2.29. The van der Waals surface area contributed by atoms with Gasteiger partial charge in [-0.3, -0.25) is 9.69 Å². The van der Waals surface area contributed by atoms with Crippen LogP contribution in [0.15, 0.2) is 10.9 Å². The number of rotatable bonds is 3. The van der Waals surface area contributed by atoms with Crippen LogP contribution in [0.1, 0.15) is 18.7 Å². The third-order valence-electron chi connectivity index (χ3n) is 2.81. The van der Waals surface area contributed by atoms with Gasteiger partial charge in [0.15, 0.2) is 6.33 Å². The summed E-state index contributed by atoms with van der Waals surface area (Å²) >= 11 is 0. The zero-order valence-corrected chi connectivity index (χ0v) is 9.26. The minimum atomic E-state index is -0.129. The largest absolute Gasteiger partial charge is 0.469 e. The molecule has 1 aromatic heterocycles. The SMILES string of the molecule is COC(=O)[C@H]1CCCN(Cc2ncno2)C1. The minimum absolute atomic E-state index is 0.0262. The third-order valence-corrected chi connectivity index (χ3v) is 2.81. The number of carbonyl (C=O) groups is 1. The summed E-state index contributed by atoms with van der Waals surface area (Å²) in [5.74, 6) is 0.433. The lowest BCUT2D eigenvalue weighted by molar-refractivity contribution is -0.147. The lowest BCUT2D eigenvalue weighted by Crippen LogP contribution is -2.38. The predicted octanol–water partition coefficient (Wildman–Crippen LogP) is 0.455. The maximum absolute atomic E-state index is 11.4. The summed E-state index contributed by atoms with van der Waals surface area (Å²) in [6, 6.07) is 0. The van der Waals surface area contributed by atoms with Crippen LogP contribution in [-0.2, 0) is 16.1 Å². The van der Waals surface area contributed by atoms with Crippen LogP contribution in [0.25, 0.3) is 0 Å². The second-order valence-electron chi connectivity index (χ2n) is 3.93. The van der Waals surface area contributed by atoms with Gasteiger partial charge in [0.05, 0.1) is 19.6 Å². The van der Waals surface area contributed by atoms with Crippen LogP contribution in [0.5, 0.6) is 0 Å². The highest BCUT2D eigenvalue weighted by Gasteiger charge is 2.26. The smallest absolute Gasteiger partial charge is 0.309 e. The maximum Gasteiger partial charge on any atom is 0.309 e. The molecule has 16 heavy (non-hydrogen) atoms. The highest BCUT2D eigenvalue weighted by Crippen LogP contribution is 2.18. The van der Waals surface area contributed by atoms with Crippen molar-refractivity contribution in [2.24, 2.45) is 5.92 Å². The number of hydrogen-bond donors (Lipinski definition) is 0. The van der Waals surface area contributed by atoms with Crippen molar-refractivity contribution in [2.75, 3.05) is 20.2 Å². The first kappa shape index (κ1) is 11.1. The lowest BCUT2D eigenvalue weighted by atomic mass is 9.98. The number of esters is 1. The fraction of sp³-hybridized carbons (Fsp3) is 0.700. The number of methoxy groups -OCH3 is 1. The molecule has 0 N–H and O–H groups in total. The van der Waals surface area contributed by atoms with E-state index >= 15 is 0 Å². The number of carbonyl (C=O) groups excluding carboxylic acids is 1. The number of ether oxygens (including phenoxy) is 1. The van der Waals surface area contributed by atoms with Crippen molar-refractivity contribution in [1.29, 1.82) is 0 Å². The second-order valence-corrected chi connectivity index (χ2v) is 3.93. The van der Waals surface area contributed by atoms with Crippen molar-refractivity contribution in [3.05, 3.63) is 12.2 Å². The molecule has 0 aliphatic carbocycles. The van der Waals surface area contributed by atoms with E-state index in [1.165, 1.54) is 13.4 Å². The molecule has 1 aromatic rings. The van der Waals surface area contributed by atoms with Gasteiger partial charge in [0.2, 0.25) is 5.89 Å². The van der Waals surface area contributed by atoms with Crippen molar-refractivity contribution in [3.63, 3.8) is 0 Å². The van der Waals surface area contributed by atoms with E-state index in [2.05, 4.69) is 15.0 Å². The van der Waals surface area contributed by atoms with Crippen molar-refractivity contribution in [3.8, 4) is 0 Å². The van der Waals surface area contributed by atoms with Gasteiger partial charge in [0.1, 0.15) is 0 Å². The van der Waals surface area contributed by atoms with Gasteiger partial charge in [-0.15, -0.1) is 0 Å². The number of likely N-dealkylation sites (tertiary alicyclic amines) is 1. The van der Waals surface area contributed by atoms with Gasteiger partial charge >= 0.3 is 5.97 Å². The van der Waals surface area contributed by atoms with Crippen LogP contribution in [0, 0.1) is 5.92 Å². The van der Waals surface area contributed by atoms with E-state index < -0.39 is 0 Å². The molecule has 6 heteroatoms. The molecule has 0 aromatic carbocycles. The number of aromatic nitrogens is 2. The average Bonchev–Trinajstić information content (AvgIpc) is 2.81. The highest BCUT2D eigenvalue weighted by atomic mass is 16.5. The standard InChI is InChI=1S/C10H15N3O3/c1-15-10(14)8-3-2-4-13(5-8)6-9-11-7-12-16-9/h7-8H,2-6H2,1H3/t8-/m0/s1. The molecular formula is C10H15N3O3. The van der Waals surface area contributed by atoms with E-state index in [0.717, 1.165) is 19.4 Å². The molecule has 0 saturated carbocycles. The summed E-state index contributed by atoms with van der Waals surface area (Å²) < 4.78 is 9.70. The van der Waals surface area contributed by atoms with Gasteiger partial charge in [0, 0.05) is 6.54 Å². The predicted molar refractivity (Wildman–Crippen MR) is 54.3 cm³/mol. The molecule has 1 aliphatic heterocycles. The summed E-state index contributed by atoms with van der Waals surface area (Å²) in [5.41, 5.74) is 0. The Kier molecular flexibility index (Phi) is 3.51. The van der Waals surface area contributed by atoms with E-state index in [0.29, 0.717) is 19.0 Å². The third kappa shape index (κ3) is 2.57. The summed E-state index contributed by atoms with van der Waals surface area (Å²) in [4.78, 5) is 17.5. The average molecular weight is 225 g/mol. The molecule has 6 nitrogen and oxygen atoms in total. The highest BCUT2D eigenvalue weighted by molar-refractivity contribution is 5.72. The zero-order valence-electron chi connectivity index (χ0n) is 9.26. The van der Waals surface area contributed by atoms with Gasteiger partial charge in [-0.25, -0.2) is 0 Å². The molecule has 0 spiro atoms. The zero-order chi connectivity index (χ0) is 11.4. The summed E-state index contributed by atoms with van der Waals surface area (Å²) in [5, 5.41) is 3.55. The Morgan fingerprint density at radius 1 is 1.75 bits per heavy atom. The Balaban J connectivity index is 1.89. The Hall–Kier alpha value is -1.43. The molecule has 0 radical (unpaired) electrons. The van der Waals surface area contributed by atoms with E-state index in [9.17, 15) is 4.79 Å². The van der Waals surface area contributed by atoms with Crippen LogP contribution in [0.2, 0.25) is 0 Å². The molecule has 0 amide bonds. The van der Waals surface area contributed by atoms with E-state index in [4.69, 9.17) is 9.26 Å². The van der Waals surface area contributed by atoms with Gasteiger partial charge in [0.25, 0.3) is 0 Å². The van der Waals surface area contributed by atoms with Gasteiger partial charge < -0.3 is 9.26 Å². The van der Waals surface area contributed by atoms with Crippen LogP contribution >= 0.6 is 0 Å². The quantitative estimate of drug-likeness (QED) is 0.696. The van der Waals surface area contributed by atoms with Gasteiger partial charge in [-0.05, 0) is 19.4 Å². The number of hydrogen-bond acceptors (Lipinski definition) is 6. The second kappa shape index (κ2) is 5.07. The van der Waals surface area contributed by atoms with Crippen molar-refractivity contribution < 1.29 is 14.1 Å². The summed E-state index contributed by atoms with van der Waals surface area (Å²) in [6.45, 7) is 2.26. The molecule has 2 heterocycles. The minimum Gasteiger partial charge on any atom is -0.469 e. The Labute approximate surface area is 93.6 Å². The molecule has 1 aliphatic rings. The molecule has 1 saturated heterocycles. The van der Waals surface area contributed by atoms with Gasteiger partial charge in [-0.2, -0.15) is 4.98 Å². The fourth-order valence-corrected chi connectivity index (χ4v) is 2.02. The summed E-state index contributed by atoms with van der Waals surface area (Å²) in [6.07, 6.45) is 3.28. The molecule has 88 valence electrons. The number of nitrogens with zero attached hydrogens (tertiary/aromatic N) is 3. The Morgan fingerprint density at radius 3 is 3.31 bits per heavy atom. The summed E-state index contributed by atoms with van der Waals surface area (Å²) in [7, 11) is 1.43. The first-order valence-electron chi connectivity index (χ1n) is 5.35. The van der Waals surface area contributed by atoms with E-state index in [-0.39, 0.29) is 11.9 Å². The molecule has 0 unspecified atom stereocenters. The monoisotopic (exact) mass is 225 g/mol. The van der Waals surface area contributed by atoms with E-state index in [1.54, 1.807) is 0 Å². The van der Waals surface area contributed by atoms with Crippen LogP contribution in [-0.4, -0.2) is 41.2 Å². The Bertz CT molecular complexity index is 339. The molecule has 0 bridgehead atoms. The van der Waals surface area contributed by atoms with Crippen molar-refractivity contribution in [2.45, 2.75) is 19.4 Å². The number of piperidine rings is 1. The Morgan fingerprint density at radius 2 is 2.62 bits per heavy atom. The van der Waals surface area contributed by atoms with Crippen LogP contribution in [0.4, 0.5) is 0 Å². The van der Waals surface area contributed by atoms with Crippen LogP contribution in [0.3, 0.4) is 0 Å². The molecule has 1 atom stereocenters. The van der Waals surface area contributed by atoms with Crippen molar-refractivity contribution in [1.82, 2.24) is 15.0 Å². The van der Waals surface area contributed by atoms with Gasteiger partial charge in [-0.1, -0.05) is 5.16 Å². The normalized spacial score (nSPS) is 21.9. The fourth-order valence-electron chi connectivity index (χ4n) is 2.02. The van der Waals surface area contributed by atoms with E-state index in [1.807, 2.05) is 0 Å². The topological polar surface area (TPSA) is 68.5 Å².